The molecule has 2 fully saturated rings. The fraction of sp³-hybridized carbons (Fsp3) is 0.913. The Morgan fingerprint density at radius 3 is 2.19 bits per heavy atom. The molecule has 4 nitrogen and oxygen atoms in total. The molecule has 1 atom stereocenters. The minimum Gasteiger partial charge on any atom is -0.469 e. The smallest absolute Gasteiger partial charge is 0.310 e. The minimum atomic E-state index is -0.247. The van der Waals surface area contributed by atoms with E-state index in [0.717, 1.165) is 31.6 Å². The van der Waals surface area contributed by atoms with Crippen LogP contribution in [0.2, 0.25) is 0 Å². The van der Waals surface area contributed by atoms with E-state index in [1.807, 2.05) is 6.92 Å². The molecule has 0 heterocycles. The molecule has 0 N–H and O–H groups in total. The number of hydrogen-bond acceptors (Lipinski definition) is 3. The van der Waals surface area contributed by atoms with Crippen LogP contribution in [0, 0.1) is 17.8 Å². The fourth-order valence-corrected chi connectivity index (χ4v) is 4.98. The van der Waals surface area contributed by atoms with Crippen molar-refractivity contribution in [3.8, 4) is 0 Å². The summed E-state index contributed by atoms with van der Waals surface area (Å²) in [6.07, 6.45) is 15.5. The molecule has 0 aromatic heterocycles. The van der Waals surface area contributed by atoms with Gasteiger partial charge in [0.05, 0.1) is 13.0 Å². The molecule has 0 bridgehead atoms. The van der Waals surface area contributed by atoms with Gasteiger partial charge in [-0.2, -0.15) is 0 Å². The number of carbonyl (C=O) groups is 2. The summed E-state index contributed by atoms with van der Waals surface area (Å²) in [5.74, 6) is 0.838. The van der Waals surface area contributed by atoms with Crippen LogP contribution in [0.4, 0.5) is 0 Å². The number of esters is 1. The maximum atomic E-state index is 13.5. The van der Waals surface area contributed by atoms with Gasteiger partial charge in [0.15, 0.2) is 0 Å². The quantitative estimate of drug-likeness (QED) is 0.422. The van der Waals surface area contributed by atoms with Crippen molar-refractivity contribution >= 4 is 11.9 Å². The van der Waals surface area contributed by atoms with Gasteiger partial charge in [-0.1, -0.05) is 58.8 Å². The molecule has 27 heavy (non-hydrogen) atoms. The van der Waals surface area contributed by atoms with E-state index in [0.29, 0.717) is 18.5 Å². The van der Waals surface area contributed by atoms with Crippen molar-refractivity contribution in [1.29, 1.82) is 0 Å². The van der Waals surface area contributed by atoms with Gasteiger partial charge in [0.2, 0.25) is 5.91 Å². The zero-order valence-electron chi connectivity index (χ0n) is 17.9. The molecule has 1 amide bonds. The van der Waals surface area contributed by atoms with E-state index in [-0.39, 0.29) is 17.8 Å². The van der Waals surface area contributed by atoms with Crippen LogP contribution in [-0.2, 0) is 14.3 Å². The number of nitrogens with zero attached hydrogens (tertiary/aromatic N) is 1. The summed E-state index contributed by atoms with van der Waals surface area (Å²) in [6, 6.07) is 0.310. The summed E-state index contributed by atoms with van der Waals surface area (Å²) >= 11 is 0. The van der Waals surface area contributed by atoms with E-state index in [2.05, 4.69) is 11.8 Å². The number of ether oxygens (including phenoxy) is 1. The molecular formula is C23H41NO3. The van der Waals surface area contributed by atoms with Crippen molar-refractivity contribution in [2.75, 3.05) is 13.7 Å². The van der Waals surface area contributed by atoms with Crippen molar-refractivity contribution in [2.45, 2.75) is 103 Å². The molecular weight excluding hydrogens is 338 g/mol. The second kappa shape index (κ2) is 11.7. The van der Waals surface area contributed by atoms with Crippen LogP contribution in [-0.4, -0.2) is 36.5 Å². The molecule has 2 saturated carbocycles. The average molecular weight is 380 g/mol. The summed E-state index contributed by atoms with van der Waals surface area (Å²) in [5, 5.41) is 0. The highest BCUT2D eigenvalue weighted by atomic mass is 16.5. The highest BCUT2D eigenvalue weighted by molar-refractivity contribution is 5.80. The second-order valence-corrected chi connectivity index (χ2v) is 8.92. The molecule has 156 valence electrons. The van der Waals surface area contributed by atoms with Crippen molar-refractivity contribution in [2.24, 2.45) is 17.8 Å². The molecule has 0 radical (unpaired) electrons. The predicted molar refractivity (Wildman–Crippen MR) is 109 cm³/mol. The first-order chi connectivity index (χ1) is 13.1. The number of rotatable bonds is 8. The van der Waals surface area contributed by atoms with Gasteiger partial charge in [-0.25, -0.2) is 0 Å². The van der Waals surface area contributed by atoms with Crippen LogP contribution < -0.4 is 0 Å². The van der Waals surface area contributed by atoms with Crippen LogP contribution in [0.15, 0.2) is 0 Å². The lowest BCUT2D eigenvalue weighted by Crippen LogP contribution is -2.47. The molecule has 0 aromatic carbocycles. The van der Waals surface area contributed by atoms with Gasteiger partial charge >= 0.3 is 5.97 Å². The predicted octanol–water partition coefficient (Wildman–Crippen LogP) is 5.34. The topological polar surface area (TPSA) is 46.6 Å². The molecule has 4 heteroatoms. The highest BCUT2D eigenvalue weighted by Gasteiger charge is 2.34. The summed E-state index contributed by atoms with van der Waals surface area (Å²) in [6.45, 7) is 4.67. The van der Waals surface area contributed by atoms with E-state index in [1.54, 1.807) is 0 Å². The number of carbonyl (C=O) groups excluding carboxylic acids is 2. The van der Waals surface area contributed by atoms with Crippen molar-refractivity contribution in [3.05, 3.63) is 0 Å². The van der Waals surface area contributed by atoms with E-state index in [4.69, 9.17) is 4.74 Å². The number of unbranched alkanes of at least 4 members (excludes halogenated alkanes) is 1. The van der Waals surface area contributed by atoms with Crippen LogP contribution in [0.25, 0.3) is 0 Å². The average Bonchev–Trinajstić information content (AvgIpc) is 2.98. The Labute approximate surface area is 166 Å². The third kappa shape index (κ3) is 6.80. The van der Waals surface area contributed by atoms with Gasteiger partial charge in [-0.05, 0) is 44.4 Å². The number of amides is 1. The summed E-state index contributed by atoms with van der Waals surface area (Å²) in [5.41, 5.74) is 0. The van der Waals surface area contributed by atoms with E-state index < -0.39 is 0 Å². The van der Waals surface area contributed by atoms with E-state index in [1.165, 1.54) is 64.9 Å². The largest absolute Gasteiger partial charge is 0.469 e. The zero-order chi connectivity index (χ0) is 19.6. The van der Waals surface area contributed by atoms with Gasteiger partial charge in [0, 0.05) is 18.5 Å². The lowest BCUT2D eigenvalue weighted by atomic mass is 9.79. The molecule has 2 aliphatic rings. The maximum Gasteiger partial charge on any atom is 0.310 e. The third-order valence-corrected chi connectivity index (χ3v) is 6.78. The Balaban J connectivity index is 2.00. The highest BCUT2D eigenvalue weighted by Crippen LogP contribution is 2.34. The van der Waals surface area contributed by atoms with Crippen molar-refractivity contribution in [1.82, 2.24) is 4.90 Å². The normalized spacial score (nSPS) is 25.4. The Hall–Kier alpha value is -1.06. The Morgan fingerprint density at radius 2 is 1.63 bits per heavy atom. The summed E-state index contributed by atoms with van der Waals surface area (Å²) < 4.78 is 4.92. The molecule has 0 spiro atoms. The molecule has 1 unspecified atom stereocenters. The van der Waals surface area contributed by atoms with Crippen LogP contribution >= 0.6 is 0 Å². The standard InChI is InChI=1S/C23H41NO3/c1-4-5-10-19-13-15-20(16-14-19)22(25)24(17-18(2)23(26)27-3)21-11-8-6-7-9-12-21/h18-21H,4-17H2,1-3H3. The molecule has 0 aliphatic heterocycles. The Morgan fingerprint density at radius 1 is 1.00 bits per heavy atom. The number of hydrogen-bond donors (Lipinski definition) is 0. The van der Waals surface area contributed by atoms with Gasteiger partial charge < -0.3 is 9.64 Å². The lowest BCUT2D eigenvalue weighted by Gasteiger charge is -2.37. The van der Waals surface area contributed by atoms with Gasteiger partial charge in [-0.15, -0.1) is 0 Å². The van der Waals surface area contributed by atoms with Crippen LogP contribution in [0.5, 0.6) is 0 Å². The monoisotopic (exact) mass is 379 g/mol. The van der Waals surface area contributed by atoms with E-state index in [9.17, 15) is 9.59 Å². The maximum absolute atomic E-state index is 13.5. The van der Waals surface area contributed by atoms with Gasteiger partial charge in [0.25, 0.3) is 0 Å². The van der Waals surface area contributed by atoms with Crippen LogP contribution in [0.1, 0.15) is 97.3 Å². The molecule has 0 saturated heterocycles. The van der Waals surface area contributed by atoms with Crippen molar-refractivity contribution in [3.63, 3.8) is 0 Å². The first-order valence-corrected chi connectivity index (χ1v) is 11.4. The first-order valence-electron chi connectivity index (χ1n) is 11.4. The Kier molecular flexibility index (Phi) is 9.64. The van der Waals surface area contributed by atoms with Crippen molar-refractivity contribution < 1.29 is 14.3 Å². The first kappa shape index (κ1) is 22.2. The molecule has 0 aromatic rings. The second-order valence-electron chi connectivity index (χ2n) is 8.92. The van der Waals surface area contributed by atoms with Gasteiger partial charge in [-0.3, -0.25) is 9.59 Å². The van der Waals surface area contributed by atoms with E-state index >= 15 is 0 Å². The fourth-order valence-electron chi connectivity index (χ4n) is 4.98. The lowest BCUT2D eigenvalue weighted by molar-refractivity contribution is -0.148. The Bertz CT molecular complexity index is 449. The zero-order valence-corrected chi connectivity index (χ0v) is 17.9. The summed E-state index contributed by atoms with van der Waals surface area (Å²) in [7, 11) is 1.44. The molecule has 2 rings (SSSR count). The molecule has 2 aliphatic carbocycles. The van der Waals surface area contributed by atoms with Gasteiger partial charge in [0.1, 0.15) is 0 Å². The minimum absolute atomic E-state index is 0.163. The number of methoxy groups -OCH3 is 1. The van der Waals surface area contributed by atoms with Crippen LogP contribution in [0.3, 0.4) is 0 Å². The SMILES string of the molecule is CCCCC1CCC(C(=O)N(CC(C)C(=O)OC)C2CCCCCC2)CC1. The summed E-state index contributed by atoms with van der Waals surface area (Å²) in [4.78, 5) is 27.5. The third-order valence-electron chi connectivity index (χ3n) is 6.78.